The van der Waals surface area contributed by atoms with Crippen LogP contribution in [0.5, 0.6) is 0 Å². The first-order chi connectivity index (χ1) is 16.5. The fourth-order valence-corrected chi connectivity index (χ4v) is 3.71. The van der Waals surface area contributed by atoms with Crippen molar-refractivity contribution >= 4 is 40.1 Å². The molecule has 1 aromatic heterocycles. The van der Waals surface area contributed by atoms with Gasteiger partial charge in [0.1, 0.15) is 0 Å². The second-order valence-corrected chi connectivity index (χ2v) is 8.18. The number of nitrogens with zero attached hydrogens (tertiary/aromatic N) is 3. The molecule has 0 spiro atoms. The van der Waals surface area contributed by atoms with E-state index < -0.39 is 5.91 Å². The number of unbranched alkanes of at least 4 members (excludes halogenated alkanes) is 1. The minimum absolute atomic E-state index is 0.117. The van der Waals surface area contributed by atoms with Crippen LogP contribution in [-0.4, -0.2) is 21.8 Å². The SMILES string of the molecule is O=NC(=O)CCCCc1nc2cc(NC(=O)c3ccc(Cl)cc3)ccc2nc1-c1ccccc1. The predicted octanol–water partition coefficient (Wildman–Crippen LogP) is 6.21. The number of aryl methyl sites for hydroxylation is 1. The van der Waals surface area contributed by atoms with Crippen LogP contribution in [0.3, 0.4) is 0 Å². The van der Waals surface area contributed by atoms with Crippen molar-refractivity contribution in [3.05, 3.63) is 94.0 Å². The molecular weight excluding hydrogens is 452 g/mol. The number of nitroso groups, excluding NO2 is 1. The summed E-state index contributed by atoms with van der Waals surface area (Å²) in [5, 5.41) is 5.88. The lowest BCUT2D eigenvalue weighted by atomic mass is 10.0. The van der Waals surface area contributed by atoms with Gasteiger partial charge in [0.2, 0.25) is 0 Å². The fraction of sp³-hybridized carbons (Fsp3) is 0.154. The Morgan fingerprint density at radius 1 is 0.882 bits per heavy atom. The number of nitrogens with one attached hydrogen (secondary N) is 1. The van der Waals surface area contributed by atoms with Crippen LogP contribution in [0.15, 0.2) is 78.0 Å². The number of halogens is 1. The molecule has 0 aliphatic heterocycles. The second-order valence-electron chi connectivity index (χ2n) is 7.74. The Hall–Kier alpha value is -3.97. The van der Waals surface area contributed by atoms with Crippen LogP contribution in [0, 0.1) is 4.91 Å². The van der Waals surface area contributed by atoms with Crippen LogP contribution in [0.4, 0.5) is 5.69 Å². The highest BCUT2D eigenvalue weighted by Crippen LogP contribution is 2.26. The van der Waals surface area contributed by atoms with Gasteiger partial charge in [0.15, 0.2) is 0 Å². The summed E-state index contributed by atoms with van der Waals surface area (Å²) in [7, 11) is 0. The number of hydrogen-bond donors (Lipinski definition) is 1. The number of hydrogen-bond acceptors (Lipinski definition) is 5. The minimum Gasteiger partial charge on any atom is -0.322 e. The van der Waals surface area contributed by atoms with Crippen molar-refractivity contribution in [2.24, 2.45) is 5.18 Å². The molecule has 0 unspecified atom stereocenters. The standard InChI is InChI=1S/C26H21ClN4O3/c27-19-12-10-18(11-13-19)26(33)28-20-14-15-21-23(16-20)29-22(8-4-5-9-24(32)31-34)25(30-21)17-6-2-1-3-7-17/h1-3,6-7,10-16H,4-5,8-9H2,(H,28,33). The van der Waals surface area contributed by atoms with E-state index in [1.54, 1.807) is 36.4 Å². The molecule has 0 saturated carbocycles. The minimum atomic E-state index is -0.644. The van der Waals surface area contributed by atoms with Gasteiger partial charge in [-0.3, -0.25) is 9.59 Å². The van der Waals surface area contributed by atoms with E-state index >= 15 is 0 Å². The summed E-state index contributed by atoms with van der Waals surface area (Å²) in [5.41, 5.74) is 4.94. The first-order valence-electron chi connectivity index (χ1n) is 10.8. The Labute approximate surface area is 201 Å². The summed E-state index contributed by atoms with van der Waals surface area (Å²) in [6.07, 6.45) is 1.90. The van der Waals surface area contributed by atoms with Crippen molar-refractivity contribution in [3.8, 4) is 11.3 Å². The highest BCUT2D eigenvalue weighted by molar-refractivity contribution is 6.30. The van der Waals surface area contributed by atoms with Gasteiger partial charge < -0.3 is 5.32 Å². The molecule has 0 atom stereocenters. The number of benzene rings is 3. The molecular formula is C26H21ClN4O3. The summed E-state index contributed by atoms with van der Waals surface area (Å²) in [4.78, 5) is 43.7. The van der Waals surface area contributed by atoms with Gasteiger partial charge in [0.05, 0.1) is 22.4 Å². The molecule has 0 aliphatic carbocycles. The summed E-state index contributed by atoms with van der Waals surface area (Å²) >= 11 is 5.90. The van der Waals surface area contributed by atoms with E-state index in [1.165, 1.54) is 0 Å². The zero-order chi connectivity index (χ0) is 23.9. The number of rotatable bonds is 8. The highest BCUT2D eigenvalue weighted by Gasteiger charge is 2.13. The third-order valence-corrected chi connectivity index (χ3v) is 5.56. The van der Waals surface area contributed by atoms with Crippen molar-refractivity contribution in [1.29, 1.82) is 0 Å². The van der Waals surface area contributed by atoms with E-state index in [0.717, 1.165) is 17.0 Å². The van der Waals surface area contributed by atoms with Gasteiger partial charge in [-0.1, -0.05) is 41.9 Å². The van der Waals surface area contributed by atoms with Crippen LogP contribution in [-0.2, 0) is 11.2 Å². The smallest absolute Gasteiger partial charge is 0.286 e. The molecule has 4 rings (SSSR count). The van der Waals surface area contributed by atoms with Crippen LogP contribution in [0.2, 0.25) is 5.02 Å². The van der Waals surface area contributed by atoms with Gasteiger partial charge in [-0.2, -0.15) is 0 Å². The number of amides is 2. The molecule has 2 amide bonds. The van der Waals surface area contributed by atoms with Crippen molar-refractivity contribution in [2.75, 3.05) is 5.32 Å². The molecule has 0 aliphatic rings. The van der Waals surface area contributed by atoms with Gasteiger partial charge in [-0.15, -0.1) is 4.91 Å². The van der Waals surface area contributed by atoms with E-state index in [1.807, 2.05) is 36.4 Å². The molecule has 3 aromatic carbocycles. The van der Waals surface area contributed by atoms with E-state index in [9.17, 15) is 14.5 Å². The lowest BCUT2D eigenvalue weighted by Crippen LogP contribution is -2.11. The molecule has 34 heavy (non-hydrogen) atoms. The summed E-state index contributed by atoms with van der Waals surface area (Å²) < 4.78 is 0. The van der Waals surface area contributed by atoms with Gasteiger partial charge in [-0.25, -0.2) is 9.97 Å². The average Bonchev–Trinajstić information content (AvgIpc) is 2.86. The molecule has 0 saturated heterocycles. The average molecular weight is 473 g/mol. The Morgan fingerprint density at radius 3 is 2.38 bits per heavy atom. The summed E-state index contributed by atoms with van der Waals surface area (Å²) in [6.45, 7) is 0. The zero-order valence-corrected chi connectivity index (χ0v) is 19.0. The van der Waals surface area contributed by atoms with Crippen molar-refractivity contribution in [1.82, 2.24) is 9.97 Å². The quantitative estimate of drug-likeness (QED) is 0.242. The lowest BCUT2D eigenvalue weighted by Gasteiger charge is -2.12. The van der Waals surface area contributed by atoms with Crippen LogP contribution < -0.4 is 5.32 Å². The number of anilines is 1. The monoisotopic (exact) mass is 472 g/mol. The number of fused-ring (bicyclic) bond motifs is 1. The zero-order valence-electron chi connectivity index (χ0n) is 18.2. The maximum Gasteiger partial charge on any atom is 0.286 e. The maximum absolute atomic E-state index is 12.6. The molecule has 0 bridgehead atoms. The highest BCUT2D eigenvalue weighted by atomic mass is 35.5. The van der Waals surface area contributed by atoms with E-state index in [-0.39, 0.29) is 12.3 Å². The van der Waals surface area contributed by atoms with Crippen LogP contribution in [0.25, 0.3) is 22.3 Å². The molecule has 4 aromatic rings. The maximum atomic E-state index is 12.6. The normalized spacial score (nSPS) is 10.7. The first kappa shape index (κ1) is 23.2. The van der Waals surface area contributed by atoms with E-state index in [0.29, 0.717) is 46.6 Å². The predicted molar refractivity (Wildman–Crippen MR) is 133 cm³/mol. The number of carbonyl (C=O) groups excluding carboxylic acids is 2. The fourth-order valence-electron chi connectivity index (χ4n) is 3.59. The van der Waals surface area contributed by atoms with Crippen molar-refractivity contribution in [2.45, 2.75) is 25.7 Å². The first-order valence-corrected chi connectivity index (χ1v) is 11.2. The van der Waals surface area contributed by atoms with Crippen LogP contribution in [0.1, 0.15) is 35.3 Å². The third kappa shape index (κ3) is 5.68. The van der Waals surface area contributed by atoms with E-state index in [4.69, 9.17) is 21.6 Å². The third-order valence-electron chi connectivity index (χ3n) is 5.30. The van der Waals surface area contributed by atoms with Crippen molar-refractivity contribution in [3.63, 3.8) is 0 Å². The Morgan fingerprint density at radius 2 is 1.65 bits per heavy atom. The summed E-state index contributed by atoms with van der Waals surface area (Å²) in [6, 6.07) is 21.8. The van der Waals surface area contributed by atoms with Gasteiger partial charge in [0.25, 0.3) is 11.8 Å². The molecule has 8 heteroatoms. The summed E-state index contributed by atoms with van der Waals surface area (Å²) in [5.74, 6) is -0.896. The lowest BCUT2D eigenvalue weighted by molar-refractivity contribution is -0.118. The van der Waals surface area contributed by atoms with Crippen molar-refractivity contribution < 1.29 is 9.59 Å². The van der Waals surface area contributed by atoms with Crippen LogP contribution >= 0.6 is 11.6 Å². The Balaban J connectivity index is 1.61. The number of aromatic nitrogens is 2. The topological polar surface area (TPSA) is 101 Å². The molecule has 0 fully saturated rings. The van der Waals surface area contributed by atoms with E-state index in [2.05, 4.69) is 10.5 Å². The molecule has 1 N–H and O–H groups in total. The Bertz CT molecular complexity index is 1340. The molecule has 1 heterocycles. The van der Waals surface area contributed by atoms with Gasteiger partial charge in [-0.05, 0) is 61.7 Å². The largest absolute Gasteiger partial charge is 0.322 e. The van der Waals surface area contributed by atoms with Gasteiger partial charge in [0, 0.05) is 33.4 Å². The molecule has 7 nitrogen and oxygen atoms in total. The number of carbonyl (C=O) groups is 2. The second kappa shape index (κ2) is 10.8. The molecule has 0 radical (unpaired) electrons. The van der Waals surface area contributed by atoms with Gasteiger partial charge >= 0.3 is 0 Å². The Kier molecular flexibility index (Phi) is 7.34. The molecule has 170 valence electrons.